The van der Waals surface area contributed by atoms with Gasteiger partial charge in [-0.15, -0.1) is 0 Å². The van der Waals surface area contributed by atoms with Crippen molar-refractivity contribution in [3.63, 3.8) is 0 Å². The zero-order chi connectivity index (χ0) is 49.0. The monoisotopic (exact) mass is 922 g/mol. The molecule has 0 saturated carbocycles. The van der Waals surface area contributed by atoms with Gasteiger partial charge >= 0.3 is 24.0 Å². The number of aliphatic carboxylic acids is 1. The first kappa shape index (κ1) is 57.2. The van der Waals surface area contributed by atoms with Gasteiger partial charge in [0.1, 0.15) is 29.9 Å². The topological polar surface area (TPSA) is 186 Å². The molecule has 66 heavy (non-hydrogen) atoms. The third kappa shape index (κ3) is 24.5. The van der Waals surface area contributed by atoms with E-state index in [2.05, 4.69) is 22.5 Å². The van der Waals surface area contributed by atoms with Crippen molar-refractivity contribution in [3.05, 3.63) is 65.8 Å². The first-order valence-corrected chi connectivity index (χ1v) is 24.6. The maximum absolute atomic E-state index is 13.0. The highest BCUT2D eigenvalue weighted by molar-refractivity contribution is 5.87. The number of hydrogen-bond acceptors (Lipinski definition) is 9. The van der Waals surface area contributed by atoms with Crippen LogP contribution in [0.2, 0.25) is 0 Å². The summed E-state index contributed by atoms with van der Waals surface area (Å²) in [5.41, 5.74) is 2.80. The third-order valence-electron chi connectivity index (χ3n) is 11.2. The highest BCUT2D eigenvalue weighted by atomic mass is 16.6. The number of ether oxygens (including phenoxy) is 3. The Morgan fingerprint density at radius 1 is 0.682 bits per heavy atom. The number of carbonyl (C=O) groups excluding carboxylic acids is 5. The van der Waals surface area contributed by atoms with Gasteiger partial charge < -0.3 is 35.3 Å². The molecular formula is C53H83N3O10. The second-order valence-corrected chi connectivity index (χ2v) is 19.4. The fourth-order valence-electron chi connectivity index (χ4n) is 7.97. The van der Waals surface area contributed by atoms with Crippen LogP contribution in [-0.4, -0.2) is 77.4 Å². The maximum Gasteiger partial charge on any atom is 0.407 e. The fourth-order valence-corrected chi connectivity index (χ4v) is 7.97. The van der Waals surface area contributed by atoms with Crippen LogP contribution < -0.4 is 16.0 Å². The number of allylic oxidation sites excluding steroid dienone is 4. The molecule has 1 aliphatic rings. The van der Waals surface area contributed by atoms with Crippen LogP contribution in [0.1, 0.15) is 200 Å². The molecule has 0 bridgehead atoms. The normalized spacial score (nSPS) is 14.6. The van der Waals surface area contributed by atoms with Gasteiger partial charge in [0.2, 0.25) is 11.8 Å². The van der Waals surface area contributed by atoms with Gasteiger partial charge in [-0.3, -0.25) is 14.4 Å². The van der Waals surface area contributed by atoms with E-state index in [1.54, 1.807) is 26.8 Å². The van der Waals surface area contributed by atoms with Crippen molar-refractivity contribution in [3.8, 4) is 0 Å². The Kier molecular flexibility index (Phi) is 27.0. The van der Waals surface area contributed by atoms with Crippen LogP contribution in [0.15, 0.2) is 54.6 Å². The molecule has 0 saturated heterocycles. The number of esters is 2. The van der Waals surface area contributed by atoms with Gasteiger partial charge in [0, 0.05) is 31.7 Å². The molecule has 0 aromatic heterocycles. The van der Waals surface area contributed by atoms with E-state index >= 15 is 0 Å². The van der Waals surface area contributed by atoms with Crippen LogP contribution in [0.5, 0.6) is 0 Å². The number of carboxylic acid groups (broad SMARTS) is 1. The van der Waals surface area contributed by atoms with Crippen molar-refractivity contribution in [1.29, 1.82) is 0 Å². The number of fused-ring (bicyclic) bond motifs is 1. The molecule has 1 aromatic rings. The van der Waals surface area contributed by atoms with E-state index in [0.29, 0.717) is 25.7 Å². The van der Waals surface area contributed by atoms with Crippen LogP contribution in [0.25, 0.3) is 5.57 Å². The lowest BCUT2D eigenvalue weighted by Gasteiger charge is -2.24. The van der Waals surface area contributed by atoms with Crippen molar-refractivity contribution in [1.82, 2.24) is 16.0 Å². The average Bonchev–Trinajstić information content (AvgIpc) is 3.54. The van der Waals surface area contributed by atoms with Gasteiger partial charge in [0.05, 0.1) is 0 Å². The minimum absolute atomic E-state index is 0.0164. The molecule has 0 radical (unpaired) electrons. The summed E-state index contributed by atoms with van der Waals surface area (Å²) in [5, 5.41) is 17.8. The SMILES string of the molecule is C=CC1=C(/C=C\C)C(COC(=O)N[C@@H](CCCCNC(=O)CC[C@H](NC(=O)CCCCCCCCCCCCCCCCC(=O)OC(C)(C)C)C(=O)OC(C)(C)C)C(=O)O)c2ccccc21. The average molecular weight is 922 g/mol. The van der Waals surface area contributed by atoms with E-state index in [9.17, 15) is 33.9 Å². The van der Waals surface area contributed by atoms with Crippen LogP contribution in [-0.2, 0) is 38.2 Å². The smallest absolute Gasteiger partial charge is 0.407 e. The zero-order valence-corrected chi connectivity index (χ0v) is 41.4. The highest BCUT2D eigenvalue weighted by Gasteiger charge is 2.31. The Morgan fingerprint density at radius 2 is 1.24 bits per heavy atom. The standard InChI is InChI=1S/C53H83N3O10/c1-9-29-40-39(10-2)41-30-25-26-31-42(41)43(40)38-64-51(63)56-44(49(60)61)32-27-28-37-54-46(57)36-35-45(50(62)66-53(6,7)8)55-47(58)33-23-21-19-17-15-13-11-12-14-16-18-20-22-24-34-48(59)65-52(3,4)5/h9-10,25-26,29-31,43-45H,2,11-24,27-28,32-38H2,1,3-8H3,(H,54,57)(H,55,58)(H,56,63)(H,60,61)/b29-9-/t43?,44-,45-/m0/s1. The molecule has 0 heterocycles. The summed E-state index contributed by atoms with van der Waals surface area (Å²) < 4.78 is 16.4. The van der Waals surface area contributed by atoms with Gasteiger partial charge in [-0.05, 0) is 109 Å². The van der Waals surface area contributed by atoms with E-state index in [4.69, 9.17) is 14.2 Å². The van der Waals surface area contributed by atoms with Gasteiger partial charge in [-0.25, -0.2) is 14.4 Å². The Morgan fingerprint density at radius 3 is 1.79 bits per heavy atom. The lowest BCUT2D eigenvalue weighted by Crippen LogP contribution is -2.44. The van der Waals surface area contributed by atoms with E-state index in [1.807, 2.05) is 64.1 Å². The number of unbranched alkanes of at least 4 members (excludes halogenated alkanes) is 14. The van der Waals surface area contributed by atoms with E-state index < -0.39 is 41.3 Å². The number of alkyl carbamates (subject to hydrolysis) is 1. The van der Waals surface area contributed by atoms with E-state index in [0.717, 1.165) is 60.8 Å². The Balaban J connectivity index is 1.62. The molecule has 0 fully saturated rings. The summed E-state index contributed by atoms with van der Waals surface area (Å²) in [5.74, 6) is -2.65. The molecule has 1 aliphatic carbocycles. The van der Waals surface area contributed by atoms with E-state index in [1.165, 1.54) is 44.9 Å². The highest BCUT2D eigenvalue weighted by Crippen LogP contribution is 2.43. The number of hydrogen-bond donors (Lipinski definition) is 4. The Hall–Kier alpha value is -4.94. The van der Waals surface area contributed by atoms with Crippen LogP contribution in [0.3, 0.4) is 0 Å². The van der Waals surface area contributed by atoms with Gasteiger partial charge in [-0.2, -0.15) is 0 Å². The fraction of sp³-hybridized carbons (Fsp3) is 0.660. The van der Waals surface area contributed by atoms with Crippen LogP contribution in [0, 0.1) is 0 Å². The molecule has 0 spiro atoms. The first-order valence-electron chi connectivity index (χ1n) is 24.6. The quantitative estimate of drug-likeness (QED) is 0.0300. The van der Waals surface area contributed by atoms with Crippen molar-refractivity contribution >= 4 is 41.4 Å². The molecule has 3 atom stereocenters. The summed E-state index contributed by atoms with van der Waals surface area (Å²) >= 11 is 0. The van der Waals surface area contributed by atoms with Crippen LogP contribution in [0.4, 0.5) is 4.79 Å². The third-order valence-corrected chi connectivity index (χ3v) is 11.2. The second kappa shape index (κ2) is 31.1. The van der Waals surface area contributed by atoms with Gasteiger partial charge in [0.15, 0.2) is 0 Å². The number of nitrogens with one attached hydrogen (secondary N) is 3. The minimum Gasteiger partial charge on any atom is -0.480 e. The second-order valence-electron chi connectivity index (χ2n) is 19.4. The number of benzene rings is 1. The van der Waals surface area contributed by atoms with Crippen molar-refractivity contribution < 1.29 is 48.1 Å². The summed E-state index contributed by atoms with van der Waals surface area (Å²) in [7, 11) is 0. The van der Waals surface area contributed by atoms with Crippen LogP contribution >= 0.6 is 0 Å². The molecule has 1 aromatic carbocycles. The maximum atomic E-state index is 13.0. The molecule has 1 unspecified atom stereocenters. The predicted molar refractivity (Wildman–Crippen MR) is 261 cm³/mol. The summed E-state index contributed by atoms with van der Waals surface area (Å²) in [6.45, 7) is 17.1. The molecule has 0 aliphatic heterocycles. The molecule has 13 heteroatoms. The first-order chi connectivity index (χ1) is 31.3. The minimum atomic E-state index is -1.19. The van der Waals surface area contributed by atoms with Crippen molar-refractivity contribution in [2.24, 2.45) is 0 Å². The molecule has 370 valence electrons. The molecule has 13 nitrogen and oxygen atoms in total. The lowest BCUT2D eigenvalue weighted by atomic mass is 9.96. The number of carboxylic acids is 1. The van der Waals surface area contributed by atoms with Crippen molar-refractivity contribution in [2.45, 2.75) is 213 Å². The van der Waals surface area contributed by atoms with Gasteiger partial charge in [-0.1, -0.05) is 126 Å². The largest absolute Gasteiger partial charge is 0.480 e. The Bertz CT molecular complexity index is 1760. The number of rotatable bonds is 33. The molecule has 3 amide bonds. The molecule has 4 N–H and O–H groups in total. The lowest BCUT2D eigenvalue weighted by molar-refractivity contribution is -0.159. The zero-order valence-electron chi connectivity index (χ0n) is 41.4. The number of amides is 3. The van der Waals surface area contributed by atoms with Gasteiger partial charge in [0.25, 0.3) is 0 Å². The number of carbonyl (C=O) groups is 6. The van der Waals surface area contributed by atoms with Crippen molar-refractivity contribution in [2.75, 3.05) is 13.2 Å². The molecular weight excluding hydrogens is 839 g/mol. The summed E-state index contributed by atoms with van der Waals surface area (Å²) in [6, 6.07) is 5.71. The Labute approximate surface area is 395 Å². The molecule has 2 rings (SSSR count). The van der Waals surface area contributed by atoms with E-state index in [-0.39, 0.29) is 62.5 Å². The summed E-state index contributed by atoms with van der Waals surface area (Å²) in [6.07, 6.45) is 22.2. The predicted octanol–water partition coefficient (Wildman–Crippen LogP) is 11.0. The summed E-state index contributed by atoms with van der Waals surface area (Å²) in [4.78, 5) is 75.2.